The van der Waals surface area contributed by atoms with Gasteiger partial charge in [-0.05, 0) is 44.2 Å². The van der Waals surface area contributed by atoms with E-state index >= 15 is 0 Å². The van der Waals surface area contributed by atoms with E-state index in [9.17, 15) is 9.59 Å². The van der Waals surface area contributed by atoms with Crippen molar-refractivity contribution >= 4 is 16.9 Å². The summed E-state index contributed by atoms with van der Waals surface area (Å²) in [6.07, 6.45) is 4.22. The number of aryl methyl sites for hydroxylation is 1. The van der Waals surface area contributed by atoms with Crippen molar-refractivity contribution in [1.29, 1.82) is 0 Å². The number of amides is 1. The molecule has 0 radical (unpaired) electrons. The summed E-state index contributed by atoms with van der Waals surface area (Å²) < 4.78 is 1.61. The highest BCUT2D eigenvalue weighted by Gasteiger charge is 2.31. The van der Waals surface area contributed by atoms with E-state index in [1.54, 1.807) is 11.7 Å². The van der Waals surface area contributed by atoms with Crippen LogP contribution in [0.1, 0.15) is 47.7 Å². The molecule has 1 atom stereocenters. The Morgan fingerprint density at radius 1 is 1.42 bits per heavy atom. The van der Waals surface area contributed by atoms with Gasteiger partial charge in [0.05, 0.1) is 10.9 Å². The fourth-order valence-corrected chi connectivity index (χ4v) is 3.65. The Labute approximate surface area is 139 Å². The summed E-state index contributed by atoms with van der Waals surface area (Å²) >= 11 is 0. The molecule has 3 heterocycles. The third kappa shape index (κ3) is 2.53. The van der Waals surface area contributed by atoms with Crippen LogP contribution in [0.3, 0.4) is 0 Å². The van der Waals surface area contributed by atoms with Gasteiger partial charge >= 0.3 is 0 Å². The number of H-pyrrole nitrogens is 1. The molecule has 4 rings (SSSR count). The van der Waals surface area contributed by atoms with E-state index < -0.39 is 0 Å². The number of aromatic nitrogens is 3. The quantitative estimate of drug-likeness (QED) is 0.876. The number of likely N-dealkylation sites (tertiary alicyclic amines) is 1. The zero-order chi connectivity index (χ0) is 16.8. The number of nitrogens with one attached hydrogen (secondary N) is 1. The van der Waals surface area contributed by atoms with E-state index in [1.807, 2.05) is 11.0 Å². The predicted octanol–water partition coefficient (Wildman–Crippen LogP) is 0.950. The van der Waals surface area contributed by atoms with Crippen molar-refractivity contribution in [2.75, 3.05) is 19.6 Å². The number of rotatable bonds is 3. The molecule has 1 aliphatic heterocycles. The molecule has 7 nitrogen and oxygen atoms in total. The van der Waals surface area contributed by atoms with E-state index in [2.05, 4.69) is 10.1 Å². The van der Waals surface area contributed by atoms with Crippen molar-refractivity contribution in [1.82, 2.24) is 19.7 Å². The summed E-state index contributed by atoms with van der Waals surface area (Å²) in [6.45, 7) is 1.99. The highest BCUT2D eigenvalue weighted by Crippen LogP contribution is 2.40. The van der Waals surface area contributed by atoms with Crippen molar-refractivity contribution in [3.05, 3.63) is 27.7 Å². The van der Waals surface area contributed by atoms with Crippen LogP contribution in [-0.2, 0) is 7.05 Å². The zero-order valence-electron chi connectivity index (χ0n) is 13.9. The highest BCUT2D eigenvalue weighted by atomic mass is 16.2. The molecule has 2 fully saturated rings. The average Bonchev–Trinajstić information content (AvgIpc) is 3.41. The number of pyridine rings is 1. The number of nitrogens with zero attached hydrogens (tertiary/aromatic N) is 3. The van der Waals surface area contributed by atoms with Crippen molar-refractivity contribution in [3.8, 4) is 0 Å². The van der Waals surface area contributed by atoms with Gasteiger partial charge in [-0.25, -0.2) is 4.98 Å². The summed E-state index contributed by atoms with van der Waals surface area (Å²) in [4.78, 5) is 31.9. The van der Waals surface area contributed by atoms with Crippen molar-refractivity contribution in [2.45, 2.75) is 31.6 Å². The number of piperidine rings is 1. The van der Waals surface area contributed by atoms with Gasteiger partial charge < -0.3 is 10.6 Å². The Morgan fingerprint density at radius 2 is 2.21 bits per heavy atom. The van der Waals surface area contributed by atoms with Gasteiger partial charge in [0, 0.05) is 31.7 Å². The second-order valence-electron chi connectivity index (χ2n) is 7.06. The van der Waals surface area contributed by atoms with Gasteiger partial charge in [0.2, 0.25) is 0 Å². The minimum atomic E-state index is -0.252. The Hall–Kier alpha value is -2.15. The van der Waals surface area contributed by atoms with Crippen LogP contribution >= 0.6 is 0 Å². The maximum atomic E-state index is 13.1. The molecular formula is C17H23N5O2. The van der Waals surface area contributed by atoms with Gasteiger partial charge in [-0.3, -0.25) is 19.4 Å². The summed E-state index contributed by atoms with van der Waals surface area (Å²) in [6, 6.07) is 1.84. The van der Waals surface area contributed by atoms with Crippen molar-refractivity contribution < 1.29 is 4.79 Å². The molecule has 128 valence electrons. The lowest BCUT2D eigenvalue weighted by atomic mass is 9.97. The Morgan fingerprint density at radius 3 is 2.92 bits per heavy atom. The smallest absolute Gasteiger partial charge is 0.274 e. The van der Waals surface area contributed by atoms with E-state index in [0.29, 0.717) is 41.5 Å². The second-order valence-corrected chi connectivity index (χ2v) is 7.06. The molecule has 1 unspecified atom stereocenters. The molecule has 1 saturated heterocycles. The number of carbonyl (C=O) groups excluding carboxylic acids is 1. The lowest BCUT2D eigenvalue weighted by Crippen LogP contribution is -2.42. The van der Waals surface area contributed by atoms with Gasteiger partial charge in [0.1, 0.15) is 0 Å². The van der Waals surface area contributed by atoms with Crippen molar-refractivity contribution in [3.63, 3.8) is 0 Å². The molecule has 1 amide bonds. The number of hydrogen-bond acceptors (Lipinski definition) is 4. The van der Waals surface area contributed by atoms with E-state index in [1.165, 1.54) is 0 Å². The van der Waals surface area contributed by atoms with Crippen LogP contribution in [0, 0.1) is 5.92 Å². The molecule has 0 spiro atoms. The van der Waals surface area contributed by atoms with Crippen LogP contribution in [0.15, 0.2) is 10.9 Å². The lowest BCUT2D eigenvalue weighted by molar-refractivity contribution is 0.0680. The first-order valence-electron chi connectivity index (χ1n) is 8.67. The fraction of sp³-hybridized carbons (Fsp3) is 0.588. The zero-order valence-corrected chi connectivity index (χ0v) is 13.9. The molecular weight excluding hydrogens is 306 g/mol. The Bertz CT molecular complexity index is 849. The molecule has 1 aliphatic carbocycles. The third-order valence-electron chi connectivity index (χ3n) is 5.20. The first-order chi connectivity index (χ1) is 11.6. The largest absolute Gasteiger partial charge is 0.338 e. The summed E-state index contributed by atoms with van der Waals surface area (Å²) in [7, 11) is 1.76. The number of fused-ring (bicyclic) bond motifs is 1. The van der Waals surface area contributed by atoms with Gasteiger partial charge in [0.15, 0.2) is 5.65 Å². The normalized spacial score (nSPS) is 21.4. The first-order valence-corrected chi connectivity index (χ1v) is 8.67. The minimum Gasteiger partial charge on any atom is -0.338 e. The molecule has 0 bridgehead atoms. The predicted molar refractivity (Wildman–Crippen MR) is 91.0 cm³/mol. The highest BCUT2D eigenvalue weighted by molar-refractivity contribution is 6.05. The van der Waals surface area contributed by atoms with Crippen LogP contribution in [0.4, 0.5) is 0 Å². The molecule has 2 aromatic heterocycles. The van der Waals surface area contributed by atoms with Gasteiger partial charge in [-0.15, -0.1) is 0 Å². The molecule has 2 aliphatic rings. The second kappa shape index (κ2) is 5.73. The standard InChI is InChI=1S/C17H23N5O2/c1-21-15-14(16(23)20-21)12(7-13(19-15)11-4-5-11)17(24)22-6-2-3-10(8-18)9-22/h7,10-11H,2-6,8-9,18H2,1H3,(H,20,23). The maximum absolute atomic E-state index is 13.1. The monoisotopic (exact) mass is 329 g/mol. The van der Waals surface area contributed by atoms with Crippen molar-refractivity contribution in [2.24, 2.45) is 18.7 Å². The van der Waals surface area contributed by atoms with E-state index in [4.69, 9.17) is 5.73 Å². The molecule has 3 N–H and O–H groups in total. The molecule has 7 heteroatoms. The maximum Gasteiger partial charge on any atom is 0.274 e. The van der Waals surface area contributed by atoms with Crippen LogP contribution in [-0.4, -0.2) is 45.2 Å². The van der Waals surface area contributed by atoms with Gasteiger partial charge in [-0.1, -0.05) is 0 Å². The number of hydrogen-bond donors (Lipinski definition) is 2. The summed E-state index contributed by atoms with van der Waals surface area (Å²) in [5.74, 6) is 0.695. The Kier molecular flexibility index (Phi) is 3.68. The number of carbonyl (C=O) groups is 1. The summed E-state index contributed by atoms with van der Waals surface area (Å²) in [5, 5.41) is 3.13. The van der Waals surface area contributed by atoms with Crippen LogP contribution in [0.5, 0.6) is 0 Å². The van der Waals surface area contributed by atoms with Crippen LogP contribution in [0.2, 0.25) is 0 Å². The summed E-state index contributed by atoms with van der Waals surface area (Å²) in [5.41, 5.74) is 7.52. The molecule has 2 aromatic rings. The average molecular weight is 329 g/mol. The minimum absolute atomic E-state index is 0.0702. The van der Waals surface area contributed by atoms with Crippen LogP contribution in [0.25, 0.3) is 11.0 Å². The fourth-order valence-electron chi connectivity index (χ4n) is 3.65. The Balaban J connectivity index is 1.79. The van der Waals surface area contributed by atoms with Crippen LogP contribution < -0.4 is 11.3 Å². The topological polar surface area (TPSA) is 97.0 Å². The first kappa shape index (κ1) is 15.4. The number of nitrogens with two attached hydrogens (primary N) is 1. The van der Waals surface area contributed by atoms with Gasteiger partial charge in [-0.2, -0.15) is 0 Å². The molecule has 24 heavy (non-hydrogen) atoms. The van der Waals surface area contributed by atoms with E-state index in [0.717, 1.165) is 37.9 Å². The number of aromatic amines is 1. The third-order valence-corrected chi connectivity index (χ3v) is 5.20. The molecule has 1 saturated carbocycles. The van der Waals surface area contributed by atoms with Gasteiger partial charge in [0.25, 0.3) is 11.5 Å². The SMILES string of the molecule is Cn1[nH]c(=O)c2c(C(=O)N3CCCC(CN)C3)cc(C3CC3)nc21. The lowest BCUT2D eigenvalue weighted by Gasteiger charge is -2.32. The van der Waals surface area contributed by atoms with E-state index in [-0.39, 0.29) is 11.5 Å². The molecule has 0 aromatic carbocycles.